The number of rotatable bonds is 4. The molecule has 0 spiro atoms. The van der Waals surface area contributed by atoms with Crippen molar-refractivity contribution in [2.24, 2.45) is 5.92 Å². The fraction of sp³-hybridized carbons (Fsp3) is 0.500. The zero-order chi connectivity index (χ0) is 10.7. The number of nitrogens with one attached hydrogen (secondary N) is 1. The summed E-state index contributed by atoms with van der Waals surface area (Å²) < 4.78 is 0. The molecule has 0 saturated heterocycles. The number of aliphatic hydroxyl groups excluding tert-OH is 1. The lowest BCUT2D eigenvalue weighted by atomic mass is 10.1. The van der Waals surface area contributed by atoms with E-state index in [0.717, 1.165) is 13.0 Å². The standard InChI is InChI=1S/C12H17NOS/c1-9-4-5-15-12(9)7-13-11-3-2-10(6-11)8-14/h2-5,10-11,13-14H,6-8H2,1H3/t10-,11+/m0/s1. The lowest BCUT2D eigenvalue weighted by molar-refractivity contribution is 0.246. The van der Waals surface area contributed by atoms with E-state index in [4.69, 9.17) is 5.11 Å². The lowest BCUT2D eigenvalue weighted by Crippen LogP contribution is -2.25. The van der Waals surface area contributed by atoms with Gasteiger partial charge < -0.3 is 10.4 Å². The zero-order valence-electron chi connectivity index (χ0n) is 8.94. The van der Waals surface area contributed by atoms with Gasteiger partial charge >= 0.3 is 0 Å². The van der Waals surface area contributed by atoms with E-state index in [1.54, 1.807) is 11.3 Å². The Labute approximate surface area is 94.6 Å². The van der Waals surface area contributed by atoms with Crippen LogP contribution < -0.4 is 5.32 Å². The quantitative estimate of drug-likeness (QED) is 0.766. The Morgan fingerprint density at radius 1 is 1.53 bits per heavy atom. The Morgan fingerprint density at radius 2 is 2.40 bits per heavy atom. The van der Waals surface area contributed by atoms with Crippen LogP contribution in [0.2, 0.25) is 0 Å². The molecule has 1 aromatic rings. The van der Waals surface area contributed by atoms with Gasteiger partial charge in [-0.15, -0.1) is 11.3 Å². The Bertz CT molecular complexity index is 345. The van der Waals surface area contributed by atoms with E-state index >= 15 is 0 Å². The summed E-state index contributed by atoms with van der Waals surface area (Å²) in [5.41, 5.74) is 1.37. The topological polar surface area (TPSA) is 32.3 Å². The molecule has 1 aliphatic rings. The lowest BCUT2D eigenvalue weighted by Gasteiger charge is -2.12. The van der Waals surface area contributed by atoms with Crippen molar-refractivity contribution in [3.05, 3.63) is 34.0 Å². The van der Waals surface area contributed by atoms with Crippen molar-refractivity contribution in [2.45, 2.75) is 25.9 Å². The largest absolute Gasteiger partial charge is 0.396 e. The molecule has 2 N–H and O–H groups in total. The summed E-state index contributed by atoms with van der Waals surface area (Å²) in [6.07, 6.45) is 5.31. The maximum absolute atomic E-state index is 9.00. The SMILES string of the molecule is Cc1ccsc1CN[C@@H]1C=C[C@H](CO)C1. The molecule has 2 atom stereocenters. The Hall–Kier alpha value is -0.640. The molecule has 82 valence electrons. The number of aryl methyl sites for hydroxylation is 1. The summed E-state index contributed by atoms with van der Waals surface area (Å²) in [6, 6.07) is 2.59. The summed E-state index contributed by atoms with van der Waals surface area (Å²) in [7, 11) is 0. The molecule has 0 saturated carbocycles. The van der Waals surface area contributed by atoms with Crippen molar-refractivity contribution in [3.63, 3.8) is 0 Å². The molecule has 1 aromatic heterocycles. The van der Waals surface area contributed by atoms with E-state index in [2.05, 4.69) is 35.8 Å². The minimum Gasteiger partial charge on any atom is -0.396 e. The van der Waals surface area contributed by atoms with Crippen molar-refractivity contribution in [1.29, 1.82) is 0 Å². The van der Waals surface area contributed by atoms with Gasteiger partial charge in [0.15, 0.2) is 0 Å². The van der Waals surface area contributed by atoms with Crippen LogP contribution in [-0.2, 0) is 6.54 Å². The first-order valence-electron chi connectivity index (χ1n) is 5.35. The van der Waals surface area contributed by atoms with E-state index in [-0.39, 0.29) is 6.61 Å². The number of hydrogen-bond acceptors (Lipinski definition) is 3. The van der Waals surface area contributed by atoms with Gasteiger partial charge in [-0.05, 0) is 30.4 Å². The second-order valence-electron chi connectivity index (χ2n) is 4.08. The first-order valence-corrected chi connectivity index (χ1v) is 6.23. The summed E-state index contributed by atoms with van der Waals surface area (Å²) >= 11 is 1.80. The second kappa shape index (κ2) is 4.92. The van der Waals surface area contributed by atoms with Gasteiger partial charge in [-0.3, -0.25) is 0 Å². The van der Waals surface area contributed by atoms with Crippen molar-refractivity contribution in [1.82, 2.24) is 5.32 Å². The van der Waals surface area contributed by atoms with Crippen LogP contribution in [0.3, 0.4) is 0 Å². The first kappa shape index (κ1) is 10.9. The summed E-state index contributed by atoms with van der Waals surface area (Å²) in [5.74, 6) is 0.354. The molecule has 0 radical (unpaired) electrons. The minimum absolute atomic E-state index is 0.271. The molecule has 0 fully saturated rings. The van der Waals surface area contributed by atoms with E-state index in [0.29, 0.717) is 12.0 Å². The van der Waals surface area contributed by atoms with Gasteiger partial charge in [0.05, 0.1) is 0 Å². The third-order valence-electron chi connectivity index (χ3n) is 2.90. The van der Waals surface area contributed by atoms with Crippen LogP contribution in [0.4, 0.5) is 0 Å². The minimum atomic E-state index is 0.271. The van der Waals surface area contributed by atoms with Crippen molar-refractivity contribution in [2.75, 3.05) is 6.61 Å². The maximum Gasteiger partial charge on any atom is 0.0494 e. The van der Waals surface area contributed by atoms with Crippen LogP contribution in [0.1, 0.15) is 16.9 Å². The van der Waals surface area contributed by atoms with Crippen molar-refractivity contribution >= 4 is 11.3 Å². The molecular weight excluding hydrogens is 206 g/mol. The van der Waals surface area contributed by atoms with Gasteiger partial charge in [0, 0.05) is 30.0 Å². The van der Waals surface area contributed by atoms with Crippen LogP contribution in [0.25, 0.3) is 0 Å². The molecule has 1 heterocycles. The molecular formula is C12H17NOS. The summed E-state index contributed by atoms with van der Waals surface area (Å²) in [6.45, 7) is 3.36. The highest BCUT2D eigenvalue weighted by molar-refractivity contribution is 7.10. The van der Waals surface area contributed by atoms with E-state index in [1.165, 1.54) is 10.4 Å². The molecule has 15 heavy (non-hydrogen) atoms. The predicted molar refractivity (Wildman–Crippen MR) is 64.0 cm³/mol. The molecule has 0 amide bonds. The average molecular weight is 223 g/mol. The number of thiophene rings is 1. The third-order valence-corrected chi connectivity index (χ3v) is 3.92. The van der Waals surface area contributed by atoms with E-state index in [1.807, 2.05) is 0 Å². The average Bonchev–Trinajstić information content (AvgIpc) is 2.84. The molecule has 2 rings (SSSR count). The first-order chi connectivity index (χ1) is 7.29. The van der Waals surface area contributed by atoms with Gasteiger partial charge in [-0.1, -0.05) is 12.2 Å². The van der Waals surface area contributed by atoms with Crippen LogP contribution in [0, 0.1) is 12.8 Å². The van der Waals surface area contributed by atoms with Crippen LogP contribution in [-0.4, -0.2) is 17.8 Å². The van der Waals surface area contributed by atoms with Gasteiger partial charge in [-0.2, -0.15) is 0 Å². The van der Waals surface area contributed by atoms with Crippen LogP contribution >= 0.6 is 11.3 Å². The van der Waals surface area contributed by atoms with Gasteiger partial charge in [-0.25, -0.2) is 0 Å². The van der Waals surface area contributed by atoms with Crippen molar-refractivity contribution in [3.8, 4) is 0 Å². The number of hydrogen-bond donors (Lipinski definition) is 2. The fourth-order valence-electron chi connectivity index (χ4n) is 1.87. The highest BCUT2D eigenvalue weighted by Crippen LogP contribution is 2.19. The van der Waals surface area contributed by atoms with Gasteiger partial charge in [0.25, 0.3) is 0 Å². The molecule has 0 aliphatic heterocycles. The van der Waals surface area contributed by atoms with Crippen molar-refractivity contribution < 1.29 is 5.11 Å². The van der Waals surface area contributed by atoms with Gasteiger partial charge in [0.1, 0.15) is 0 Å². The molecule has 1 aliphatic carbocycles. The molecule has 0 bridgehead atoms. The van der Waals surface area contributed by atoms with E-state index < -0.39 is 0 Å². The molecule has 0 unspecified atom stereocenters. The van der Waals surface area contributed by atoms with Crippen LogP contribution in [0.5, 0.6) is 0 Å². The maximum atomic E-state index is 9.00. The summed E-state index contributed by atoms with van der Waals surface area (Å²) in [5, 5.41) is 14.6. The van der Waals surface area contributed by atoms with Gasteiger partial charge in [0.2, 0.25) is 0 Å². The Kier molecular flexibility index (Phi) is 3.57. The monoisotopic (exact) mass is 223 g/mol. The predicted octanol–water partition coefficient (Wildman–Crippen LogP) is 2.08. The number of aliphatic hydroxyl groups is 1. The smallest absolute Gasteiger partial charge is 0.0494 e. The van der Waals surface area contributed by atoms with E-state index in [9.17, 15) is 0 Å². The zero-order valence-corrected chi connectivity index (χ0v) is 9.76. The van der Waals surface area contributed by atoms with Crippen LogP contribution in [0.15, 0.2) is 23.6 Å². The highest BCUT2D eigenvalue weighted by atomic mass is 32.1. The summed E-state index contributed by atoms with van der Waals surface area (Å²) in [4.78, 5) is 1.41. The molecule has 2 nitrogen and oxygen atoms in total. The molecule has 0 aromatic carbocycles. The Balaban J connectivity index is 1.80. The normalized spacial score (nSPS) is 24.9. The molecule has 3 heteroatoms. The third kappa shape index (κ3) is 2.68. The highest BCUT2D eigenvalue weighted by Gasteiger charge is 2.17. The Morgan fingerprint density at radius 3 is 3.00 bits per heavy atom. The fourth-order valence-corrected chi connectivity index (χ4v) is 2.73. The second-order valence-corrected chi connectivity index (χ2v) is 5.08.